The standard InChI is InChI=1S/C24H34N6O2S/c1-3-28(20-10-4-8-18(2)16-20)14-7-12-25-22(32)19-9-5-13-29(17-19)23-26-27-24(33-23)30-15-6-11-21(30)31/h4,8,10,16,19H,3,5-7,9,11-15,17H2,1-2H3,(H,25,32). The van der Waals surface area contributed by atoms with Crippen LogP contribution in [0.1, 0.15) is 44.6 Å². The van der Waals surface area contributed by atoms with Gasteiger partial charge in [0.2, 0.25) is 22.1 Å². The molecule has 2 aliphatic heterocycles. The maximum atomic E-state index is 12.8. The zero-order valence-corrected chi connectivity index (χ0v) is 20.4. The lowest BCUT2D eigenvalue weighted by Crippen LogP contribution is -2.43. The molecule has 1 atom stereocenters. The summed E-state index contributed by atoms with van der Waals surface area (Å²) in [7, 11) is 0. The van der Waals surface area contributed by atoms with Crippen molar-refractivity contribution in [1.29, 1.82) is 0 Å². The number of hydrogen-bond acceptors (Lipinski definition) is 7. The molecule has 1 aromatic carbocycles. The monoisotopic (exact) mass is 470 g/mol. The molecule has 0 saturated carbocycles. The number of nitrogens with one attached hydrogen (secondary N) is 1. The van der Waals surface area contributed by atoms with Crippen molar-refractivity contribution in [2.75, 3.05) is 54.0 Å². The first-order chi connectivity index (χ1) is 16.0. The summed E-state index contributed by atoms with van der Waals surface area (Å²) in [5.74, 6) is 0.203. The van der Waals surface area contributed by atoms with E-state index in [4.69, 9.17) is 0 Å². The van der Waals surface area contributed by atoms with Crippen LogP contribution in [0.5, 0.6) is 0 Å². The van der Waals surface area contributed by atoms with Crippen molar-refractivity contribution in [3.8, 4) is 0 Å². The lowest BCUT2D eigenvalue weighted by Gasteiger charge is -2.31. The van der Waals surface area contributed by atoms with E-state index in [-0.39, 0.29) is 17.7 Å². The number of nitrogens with zero attached hydrogens (tertiary/aromatic N) is 5. The summed E-state index contributed by atoms with van der Waals surface area (Å²) in [5, 5.41) is 13.2. The van der Waals surface area contributed by atoms with E-state index < -0.39 is 0 Å². The molecule has 9 heteroatoms. The number of rotatable bonds is 9. The topological polar surface area (TPSA) is 81.7 Å². The zero-order chi connectivity index (χ0) is 23.2. The van der Waals surface area contributed by atoms with Crippen LogP contribution in [-0.4, -0.2) is 61.3 Å². The Labute approximate surface area is 200 Å². The van der Waals surface area contributed by atoms with E-state index in [1.54, 1.807) is 4.90 Å². The van der Waals surface area contributed by atoms with Crippen molar-refractivity contribution in [1.82, 2.24) is 15.5 Å². The average molecular weight is 471 g/mol. The Bertz CT molecular complexity index is 964. The van der Waals surface area contributed by atoms with Crippen LogP contribution in [0.4, 0.5) is 16.0 Å². The smallest absolute Gasteiger partial charge is 0.228 e. The quantitative estimate of drug-likeness (QED) is 0.567. The number of aryl methyl sites for hydroxylation is 1. The number of piperidine rings is 1. The van der Waals surface area contributed by atoms with Crippen LogP contribution in [0.2, 0.25) is 0 Å². The van der Waals surface area contributed by atoms with Gasteiger partial charge in [0.1, 0.15) is 0 Å². The van der Waals surface area contributed by atoms with Gasteiger partial charge in [0.15, 0.2) is 0 Å². The second kappa shape index (κ2) is 11.0. The lowest BCUT2D eigenvalue weighted by atomic mass is 9.97. The molecule has 2 saturated heterocycles. The van der Waals surface area contributed by atoms with E-state index in [0.717, 1.165) is 57.0 Å². The molecule has 1 aromatic heterocycles. The predicted molar refractivity (Wildman–Crippen MR) is 133 cm³/mol. The predicted octanol–water partition coefficient (Wildman–Crippen LogP) is 3.22. The van der Waals surface area contributed by atoms with Gasteiger partial charge in [-0.3, -0.25) is 14.5 Å². The van der Waals surface area contributed by atoms with Gasteiger partial charge in [0.25, 0.3) is 0 Å². The Morgan fingerprint density at radius 1 is 1.24 bits per heavy atom. The van der Waals surface area contributed by atoms with Crippen LogP contribution in [0, 0.1) is 12.8 Å². The molecule has 2 fully saturated rings. The molecule has 8 nitrogen and oxygen atoms in total. The van der Waals surface area contributed by atoms with Gasteiger partial charge in [-0.15, -0.1) is 10.2 Å². The number of hydrogen-bond donors (Lipinski definition) is 1. The largest absolute Gasteiger partial charge is 0.372 e. The summed E-state index contributed by atoms with van der Waals surface area (Å²) in [6.07, 6.45) is 4.21. The highest BCUT2D eigenvalue weighted by atomic mass is 32.1. The molecule has 0 bridgehead atoms. The van der Waals surface area contributed by atoms with Crippen molar-refractivity contribution >= 4 is 39.1 Å². The molecule has 2 aliphatic rings. The van der Waals surface area contributed by atoms with Gasteiger partial charge >= 0.3 is 0 Å². The van der Waals surface area contributed by atoms with Crippen LogP contribution in [0.15, 0.2) is 24.3 Å². The molecule has 178 valence electrons. The highest BCUT2D eigenvalue weighted by molar-refractivity contribution is 7.19. The maximum Gasteiger partial charge on any atom is 0.228 e. The first-order valence-electron chi connectivity index (χ1n) is 12.0. The third kappa shape index (κ3) is 5.82. The Morgan fingerprint density at radius 3 is 2.85 bits per heavy atom. The Balaban J connectivity index is 1.24. The highest BCUT2D eigenvalue weighted by Gasteiger charge is 2.30. The molecule has 33 heavy (non-hydrogen) atoms. The van der Waals surface area contributed by atoms with E-state index in [1.165, 1.54) is 22.6 Å². The summed E-state index contributed by atoms with van der Waals surface area (Å²) in [6, 6.07) is 8.55. The normalized spacial score (nSPS) is 18.6. The second-order valence-electron chi connectivity index (χ2n) is 8.86. The van der Waals surface area contributed by atoms with Crippen molar-refractivity contribution in [3.63, 3.8) is 0 Å². The summed E-state index contributed by atoms with van der Waals surface area (Å²) < 4.78 is 0. The molecule has 0 spiro atoms. The maximum absolute atomic E-state index is 12.8. The minimum absolute atomic E-state index is 0.0430. The van der Waals surface area contributed by atoms with Crippen LogP contribution < -0.4 is 20.0 Å². The minimum Gasteiger partial charge on any atom is -0.372 e. The fraction of sp³-hybridized carbons (Fsp3) is 0.583. The third-order valence-electron chi connectivity index (χ3n) is 6.42. The number of aromatic nitrogens is 2. The van der Waals surface area contributed by atoms with Crippen molar-refractivity contribution in [2.24, 2.45) is 5.92 Å². The minimum atomic E-state index is -0.0430. The molecule has 3 heterocycles. The molecular weight excluding hydrogens is 436 g/mol. The second-order valence-corrected chi connectivity index (χ2v) is 9.80. The van der Waals surface area contributed by atoms with Gasteiger partial charge < -0.3 is 15.1 Å². The van der Waals surface area contributed by atoms with Gasteiger partial charge in [-0.05, 0) is 57.2 Å². The molecule has 2 amide bonds. The molecular formula is C24H34N6O2S. The first-order valence-corrected chi connectivity index (χ1v) is 12.8. The number of benzene rings is 1. The Hall–Kier alpha value is -2.68. The molecule has 2 aromatic rings. The van der Waals surface area contributed by atoms with E-state index in [1.807, 2.05) is 0 Å². The van der Waals surface area contributed by atoms with Crippen molar-refractivity contribution in [2.45, 2.75) is 46.0 Å². The fourth-order valence-corrected chi connectivity index (χ4v) is 5.51. The van der Waals surface area contributed by atoms with Gasteiger partial charge in [-0.2, -0.15) is 0 Å². The lowest BCUT2D eigenvalue weighted by molar-refractivity contribution is -0.125. The van der Waals surface area contributed by atoms with Crippen molar-refractivity contribution in [3.05, 3.63) is 29.8 Å². The Kier molecular flexibility index (Phi) is 7.80. The fourth-order valence-electron chi connectivity index (χ4n) is 4.58. The molecule has 1 N–H and O–H groups in total. The summed E-state index contributed by atoms with van der Waals surface area (Å²) in [5.41, 5.74) is 2.49. The van der Waals surface area contributed by atoms with Gasteiger partial charge in [0, 0.05) is 51.4 Å². The zero-order valence-electron chi connectivity index (χ0n) is 19.6. The summed E-state index contributed by atoms with van der Waals surface area (Å²) >= 11 is 1.45. The first kappa shape index (κ1) is 23.5. The number of amides is 2. The van der Waals surface area contributed by atoms with Crippen LogP contribution in [0.3, 0.4) is 0 Å². The highest BCUT2D eigenvalue weighted by Crippen LogP contribution is 2.32. The van der Waals surface area contributed by atoms with Gasteiger partial charge in [-0.1, -0.05) is 23.5 Å². The molecule has 0 aliphatic carbocycles. The summed E-state index contributed by atoms with van der Waals surface area (Å²) in [6.45, 7) is 9.06. The SMILES string of the molecule is CCN(CCCNC(=O)C1CCCN(c2nnc(N3CCCC3=O)s2)C1)c1cccc(C)c1. The number of carbonyl (C=O) groups is 2. The van der Waals surface area contributed by atoms with Gasteiger partial charge in [-0.25, -0.2) is 0 Å². The molecule has 4 rings (SSSR count). The third-order valence-corrected chi connectivity index (χ3v) is 7.43. The van der Waals surface area contributed by atoms with E-state index in [0.29, 0.717) is 24.6 Å². The van der Waals surface area contributed by atoms with Crippen LogP contribution in [0.25, 0.3) is 0 Å². The molecule has 1 unspecified atom stereocenters. The molecule has 0 radical (unpaired) electrons. The Morgan fingerprint density at radius 2 is 2.09 bits per heavy atom. The van der Waals surface area contributed by atoms with Crippen LogP contribution in [-0.2, 0) is 9.59 Å². The number of anilines is 3. The van der Waals surface area contributed by atoms with E-state index in [2.05, 4.69) is 63.4 Å². The van der Waals surface area contributed by atoms with E-state index in [9.17, 15) is 9.59 Å². The summed E-state index contributed by atoms with van der Waals surface area (Å²) in [4.78, 5) is 31.0. The van der Waals surface area contributed by atoms with E-state index >= 15 is 0 Å². The van der Waals surface area contributed by atoms with Crippen molar-refractivity contribution < 1.29 is 9.59 Å². The number of carbonyl (C=O) groups excluding carboxylic acids is 2. The average Bonchev–Trinajstić information content (AvgIpc) is 3.48. The van der Waals surface area contributed by atoms with Crippen LogP contribution >= 0.6 is 11.3 Å². The van der Waals surface area contributed by atoms with Gasteiger partial charge in [0.05, 0.1) is 5.92 Å².